The maximum absolute atomic E-state index is 13.1. The first-order chi connectivity index (χ1) is 15.4. The first kappa shape index (κ1) is 22.8. The zero-order valence-corrected chi connectivity index (χ0v) is 17.7. The predicted octanol–water partition coefficient (Wildman–Crippen LogP) is 5.87. The number of Topliss-reactive ketones (excluding diaryl/α,β-unsaturated/α-hetero) is 2. The van der Waals surface area contributed by atoms with Crippen LogP contribution in [0.2, 0.25) is 5.02 Å². The predicted molar refractivity (Wildman–Crippen MR) is 119 cm³/mol. The van der Waals surface area contributed by atoms with Crippen LogP contribution in [0, 0.1) is 10.1 Å². The minimum atomic E-state index is -1.47. The van der Waals surface area contributed by atoms with E-state index in [1.54, 1.807) is 48.5 Å². The Bertz CT molecular complexity index is 1140. The molecule has 9 heteroatoms. The van der Waals surface area contributed by atoms with Gasteiger partial charge in [0, 0.05) is 28.3 Å². The Morgan fingerprint density at radius 3 is 1.97 bits per heavy atom. The number of non-ortho nitro benzene ring substituents is 1. The van der Waals surface area contributed by atoms with E-state index in [0.717, 1.165) is 0 Å². The first-order valence-corrected chi connectivity index (χ1v) is 9.99. The zero-order valence-electron chi connectivity index (χ0n) is 17.0. The van der Waals surface area contributed by atoms with E-state index in [9.17, 15) is 19.7 Å². The van der Waals surface area contributed by atoms with Gasteiger partial charge in [-0.1, -0.05) is 11.6 Å². The lowest BCUT2D eigenvalue weighted by Crippen LogP contribution is -2.28. The molecule has 8 nitrogen and oxygen atoms in total. The number of ether oxygens (including phenoxy) is 1. The molecule has 0 aliphatic heterocycles. The fourth-order valence-electron chi connectivity index (χ4n) is 2.80. The van der Waals surface area contributed by atoms with Gasteiger partial charge >= 0.3 is 0 Å². The number of carbonyl (C=O) groups excluding carboxylic acids is 2. The number of nitrogens with zero attached hydrogens (tertiary/aromatic N) is 3. The highest BCUT2D eigenvalue weighted by atomic mass is 35.5. The van der Waals surface area contributed by atoms with E-state index < -0.39 is 22.5 Å². The number of nitro groups is 1. The second-order valence-corrected chi connectivity index (χ2v) is 7.02. The summed E-state index contributed by atoms with van der Waals surface area (Å²) >= 11 is 5.87. The van der Waals surface area contributed by atoms with Crippen LogP contribution < -0.4 is 4.74 Å². The molecule has 0 spiro atoms. The van der Waals surface area contributed by atoms with Crippen LogP contribution in [0.4, 0.5) is 11.4 Å². The number of benzene rings is 3. The Morgan fingerprint density at radius 1 is 0.938 bits per heavy atom. The van der Waals surface area contributed by atoms with Gasteiger partial charge in [-0.3, -0.25) is 19.7 Å². The number of hydrogen-bond donors (Lipinski definition) is 0. The topological polar surface area (TPSA) is 111 Å². The lowest BCUT2D eigenvalue weighted by atomic mass is 9.97. The molecule has 0 aliphatic rings. The van der Waals surface area contributed by atoms with Crippen molar-refractivity contribution in [2.45, 2.75) is 13.0 Å². The van der Waals surface area contributed by atoms with Gasteiger partial charge in [0.2, 0.25) is 0 Å². The maximum Gasteiger partial charge on any atom is 0.269 e. The van der Waals surface area contributed by atoms with E-state index in [2.05, 4.69) is 10.2 Å². The summed E-state index contributed by atoms with van der Waals surface area (Å²) < 4.78 is 5.38. The fourth-order valence-corrected chi connectivity index (χ4v) is 2.93. The van der Waals surface area contributed by atoms with Crippen molar-refractivity contribution in [1.29, 1.82) is 0 Å². The van der Waals surface area contributed by atoms with Crippen LogP contribution >= 0.6 is 11.6 Å². The van der Waals surface area contributed by atoms with Crippen LogP contribution in [0.15, 0.2) is 83.0 Å². The minimum absolute atomic E-state index is 0.106. The van der Waals surface area contributed by atoms with E-state index in [1.165, 1.54) is 24.3 Å². The standard InChI is InChI=1S/C23H18ClN3O5/c1-2-32-20-13-5-16(6-14-20)23(29)21(26-25-18-9-7-17(24)8-10-18)22(28)15-3-11-19(12-4-15)27(30)31/h3-14,21H,2H2,1H3. The quantitative estimate of drug-likeness (QED) is 0.133. The van der Waals surface area contributed by atoms with E-state index in [1.807, 2.05) is 6.92 Å². The Morgan fingerprint density at radius 2 is 1.47 bits per heavy atom. The number of azo groups is 1. The number of halogens is 1. The van der Waals surface area contributed by atoms with Gasteiger partial charge in [-0.15, -0.1) is 0 Å². The number of ketones is 2. The first-order valence-electron chi connectivity index (χ1n) is 9.61. The molecule has 3 aromatic carbocycles. The Hall–Kier alpha value is -3.91. The Balaban J connectivity index is 1.93. The van der Waals surface area contributed by atoms with Gasteiger partial charge in [0.05, 0.1) is 17.2 Å². The molecule has 1 atom stereocenters. The van der Waals surface area contributed by atoms with Gasteiger partial charge in [-0.2, -0.15) is 10.2 Å². The van der Waals surface area contributed by atoms with Crippen molar-refractivity contribution in [3.63, 3.8) is 0 Å². The van der Waals surface area contributed by atoms with Crippen molar-refractivity contribution in [2.75, 3.05) is 6.61 Å². The second kappa shape index (κ2) is 10.4. The van der Waals surface area contributed by atoms with E-state index >= 15 is 0 Å². The summed E-state index contributed by atoms with van der Waals surface area (Å²) in [6.07, 6.45) is 0. The molecule has 3 aromatic rings. The number of carbonyl (C=O) groups is 2. The Kier molecular flexibility index (Phi) is 7.41. The summed E-state index contributed by atoms with van der Waals surface area (Å²) in [6.45, 7) is 2.32. The SMILES string of the molecule is CCOc1ccc(C(=O)C(N=Nc2ccc(Cl)cc2)C(=O)c2ccc([N+](=O)[O-])cc2)cc1. The van der Waals surface area contributed by atoms with Gasteiger partial charge in [0.1, 0.15) is 5.75 Å². The van der Waals surface area contributed by atoms with Crippen LogP contribution in [0.25, 0.3) is 0 Å². The van der Waals surface area contributed by atoms with Gasteiger partial charge in [-0.25, -0.2) is 0 Å². The van der Waals surface area contributed by atoms with Crippen molar-refractivity contribution in [3.8, 4) is 5.75 Å². The van der Waals surface area contributed by atoms with Crippen molar-refractivity contribution in [2.24, 2.45) is 10.2 Å². The van der Waals surface area contributed by atoms with Crippen LogP contribution in [0.1, 0.15) is 27.6 Å². The van der Waals surface area contributed by atoms with E-state index in [4.69, 9.17) is 16.3 Å². The highest BCUT2D eigenvalue weighted by Gasteiger charge is 2.29. The van der Waals surface area contributed by atoms with Crippen molar-refractivity contribution >= 4 is 34.5 Å². The molecule has 0 saturated carbocycles. The lowest BCUT2D eigenvalue weighted by Gasteiger charge is -2.11. The molecule has 0 aliphatic carbocycles. The summed E-state index contributed by atoms with van der Waals surface area (Å²) in [4.78, 5) is 36.5. The molecule has 0 saturated heterocycles. The van der Waals surface area contributed by atoms with Crippen molar-refractivity contribution in [1.82, 2.24) is 0 Å². The molecule has 162 valence electrons. The third kappa shape index (κ3) is 5.61. The van der Waals surface area contributed by atoms with Crippen LogP contribution in [0.3, 0.4) is 0 Å². The summed E-state index contributed by atoms with van der Waals surface area (Å²) in [5.41, 5.74) is 0.604. The van der Waals surface area contributed by atoms with E-state index in [0.29, 0.717) is 23.1 Å². The molecule has 0 N–H and O–H groups in total. The average molecular weight is 452 g/mol. The number of nitro benzene ring substituents is 1. The van der Waals surface area contributed by atoms with Gasteiger partial charge in [-0.05, 0) is 67.6 Å². The average Bonchev–Trinajstić information content (AvgIpc) is 2.81. The molecule has 0 heterocycles. The maximum atomic E-state index is 13.1. The van der Waals surface area contributed by atoms with Crippen molar-refractivity contribution in [3.05, 3.63) is 99.1 Å². The van der Waals surface area contributed by atoms with Gasteiger partial charge < -0.3 is 4.74 Å². The Labute approximate surface area is 188 Å². The van der Waals surface area contributed by atoms with E-state index in [-0.39, 0.29) is 16.8 Å². The molecule has 3 rings (SSSR count). The summed E-state index contributed by atoms with van der Waals surface area (Å²) in [5, 5.41) is 19.4. The lowest BCUT2D eigenvalue weighted by molar-refractivity contribution is -0.384. The van der Waals surface area contributed by atoms with Gasteiger partial charge in [0.15, 0.2) is 17.6 Å². The highest BCUT2D eigenvalue weighted by molar-refractivity contribution is 6.30. The van der Waals surface area contributed by atoms with Crippen LogP contribution in [-0.2, 0) is 0 Å². The smallest absolute Gasteiger partial charge is 0.269 e. The molecule has 0 fully saturated rings. The zero-order chi connectivity index (χ0) is 23.1. The summed E-state index contributed by atoms with van der Waals surface area (Å²) in [6, 6.07) is 16.3. The van der Waals surface area contributed by atoms with Crippen LogP contribution in [-0.4, -0.2) is 29.1 Å². The highest BCUT2D eigenvalue weighted by Crippen LogP contribution is 2.21. The summed E-state index contributed by atoms with van der Waals surface area (Å²) in [7, 11) is 0. The minimum Gasteiger partial charge on any atom is -0.494 e. The monoisotopic (exact) mass is 451 g/mol. The number of rotatable bonds is 9. The normalized spacial score (nSPS) is 11.8. The molecule has 32 heavy (non-hydrogen) atoms. The summed E-state index contributed by atoms with van der Waals surface area (Å²) in [5.74, 6) is -0.601. The molecular weight excluding hydrogens is 434 g/mol. The molecule has 0 aromatic heterocycles. The third-order valence-corrected chi connectivity index (χ3v) is 4.68. The second-order valence-electron chi connectivity index (χ2n) is 6.58. The van der Waals surface area contributed by atoms with Gasteiger partial charge in [0.25, 0.3) is 5.69 Å². The largest absolute Gasteiger partial charge is 0.494 e. The molecule has 0 radical (unpaired) electrons. The molecule has 0 amide bonds. The van der Waals surface area contributed by atoms with Crippen LogP contribution in [0.5, 0.6) is 5.75 Å². The fraction of sp³-hybridized carbons (Fsp3) is 0.130. The number of hydrogen-bond acceptors (Lipinski definition) is 7. The molecule has 1 unspecified atom stereocenters. The molecule has 0 bridgehead atoms. The third-order valence-electron chi connectivity index (χ3n) is 4.42. The van der Waals surface area contributed by atoms with Crippen molar-refractivity contribution < 1.29 is 19.2 Å². The molecular formula is C23H18ClN3O5.